The number of anilines is 1. The molecule has 162 valence electrons. The summed E-state index contributed by atoms with van der Waals surface area (Å²) in [7, 11) is 0. The van der Waals surface area contributed by atoms with Crippen molar-refractivity contribution in [2.75, 3.05) is 5.32 Å². The first-order chi connectivity index (χ1) is 15.2. The third-order valence-corrected chi connectivity index (χ3v) is 5.14. The molecule has 2 aromatic carbocycles. The summed E-state index contributed by atoms with van der Waals surface area (Å²) in [5.41, 5.74) is 1.43. The maximum atomic E-state index is 13.1. The lowest BCUT2D eigenvalue weighted by atomic mass is 10.1. The highest BCUT2D eigenvalue weighted by Crippen LogP contribution is 2.29. The Morgan fingerprint density at radius 3 is 2.47 bits per heavy atom. The Morgan fingerprint density at radius 1 is 1.03 bits per heavy atom. The Balaban J connectivity index is 1.60. The van der Waals surface area contributed by atoms with Crippen LogP contribution in [0.2, 0.25) is 0 Å². The molecule has 0 unspecified atom stereocenters. The quantitative estimate of drug-likeness (QED) is 0.494. The van der Waals surface area contributed by atoms with Crippen LogP contribution in [-0.4, -0.2) is 15.5 Å². The van der Waals surface area contributed by atoms with E-state index in [0.29, 0.717) is 27.7 Å². The van der Waals surface area contributed by atoms with E-state index in [1.807, 2.05) is 13.0 Å². The summed E-state index contributed by atoms with van der Waals surface area (Å²) < 4.78 is 39.6. The lowest BCUT2D eigenvalue weighted by molar-refractivity contribution is -0.137. The Hall–Kier alpha value is -3.94. The van der Waals surface area contributed by atoms with Crippen molar-refractivity contribution in [3.8, 4) is 5.69 Å². The number of amides is 1. The minimum absolute atomic E-state index is 0.0968. The molecule has 5 nitrogen and oxygen atoms in total. The van der Waals surface area contributed by atoms with Gasteiger partial charge >= 0.3 is 6.18 Å². The van der Waals surface area contributed by atoms with Gasteiger partial charge < -0.3 is 5.32 Å². The summed E-state index contributed by atoms with van der Waals surface area (Å²) in [5.74, 6) is -0.399. The van der Waals surface area contributed by atoms with Gasteiger partial charge in [0.1, 0.15) is 0 Å². The smallest absolute Gasteiger partial charge is 0.325 e. The van der Waals surface area contributed by atoms with Crippen molar-refractivity contribution in [1.29, 1.82) is 0 Å². The van der Waals surface area contributed by atoms with Gasteiger partial charge in [-0.3, -0.25) is 19.1 Å². The summed E-state index contributed by atoms with van der Waals surface area (Å²) in [6.45, 7) is 1.88. The lowest BCUT2D eigenvalue weighted by Crippen LogP contribution is -2.20. The number of aryl methyl sites for hydroxylation is 1. The van der Waals surface area contributed by atoms with E-state index < -0.39 is 17.6 Å². The van der Waals surface area contributed by atoms with Crippen LogP contribution in [0.4, 0.5) is 18.9 Å². The van der Waals surface area contributed by atoms with E-state index in [2.05, 4.69) is 10.3 Å². The number of aromatic nitrogens is 2. The number of fused-ring (bicyclic) bond motifs is 1. The molecule has 8 heteroatoms. The van der Waals surface area contributed by atoms with E-state index in [9.17, 15) is 22.8 Å². The maximum Gasteiger partial charge on any atom is 0.416 e. The molecule has 0 fully saturated rings. The first-order valence-electron chi connectivity index (χ1n) is 9.75. The van der Waals surface area contributed by atoms with Crippen LogP contribution in [0.3, 0.4) is 0 Å². The molecule has 0 radical (unpaired) electrons. The van der Waals surface area contributed by atoms with Gasteiger partial charge in [0.05, 0.1) is 23.9 Å². The normalized spacial score (nSPS) is 11.5. The Morgan fingerprint density at radius 2 is 1.78 bits per heavy atom. The Labute approximate surface area is 181 Å². The SMILES string of the molecule is Cc1ccncc1-n1ccc2c(NC(=O)Cc3ccc(C(F)(F)F)cc3)cccc2c1=O. The molecule has 2 aromatic heterocycles. The fourth-order valence-corrected chi connectivity index (χ4v) is 3.48. The predicted octanol–water partition coefficient (Wildman–Crippen LogP) is 4.89. The number of nitrogens with zero attached hydrogens (tertiary/aromatic N) is 2. The number of hydrogen-bond donors (Lipinski definition) is 1. The minimum Gasteiger partial charge on any atom is -0.325 e. The average molecular weight is 437 g/mol. The van der Waals surface area contributed by atoms with Crippen LogP contribution >= 0.6 is 0 Å². The predicted molar refractivity (Wildman–Crippen MR) is 116 cm³/mol. The van der Waals surface area contributed by atoms with Crippen molar-refractivity contribution < 1.29 is 18.0 Å². The molecule has 4 rings (SSSR count). The second kappa shape index (κ2) is 8.30. The molecule has 0 aliphatic carbocycles. The number of alkyl halides is 3. The molecule has 0 aliphatic heterocycles. The highest BCUT2D eigenvalue weighted by Gasteiger charge is 2.30. The van der Waals surface area contributed by atoms with E-state index >= 15 is 0 Å². The second-order valence-corrected chi connectivity index (χ2v) is 7.34. The third-order valence-electron chi connectivity index (χ3n) is 5.14. The summed E-state index contributed by atoms with van der Waals surface area (Å²) in [4.78, 5) is 29.6. The summed E-state index contributed by atoms with van der Waals surface area (Å²) in [5, 5.41) is 3.74. The first kappa shape index (κ1) is 21.3. The van der Waals surface area contributed by atoms with Crippen LogP contribution in [0.25, 0.3) is 16.5 Å². The number of benzene rings is 2. The molecule has 0 bridgehead atoms. The van der Waals surface area contributed by atoms with Crippen LogP contribution in [0.15, 0.2) is 78.0 Å². The van der Waals surface area contributed by atoms with Gasteiger partial charge in [0.25, 0.3) is 5.56 Å². The van der Waals surface area contributed by atoms with E-state index in [-0.39, 0.29) is 12.0 Å². The standard InChI is InChI=1S/C24H18F3N3O2/c1-15-9-11-28-14-21(15)30-12-10-18-19(23(30)32)3-2-4-20(18)29-22(31)13-16-5-7-17(8-6-16)24(25,26)27/h2-12,14H,13H2,1H3,(H,29,31). The van der Waals surface area contributed by atoms with Crippen molar-refractivity contribution in [2.45, 2.75) is 19.5 Å². The third kappa shape index (κ3) is 4.25. The molecule has 0 saturated heterocycles. The van der Waals surface area contributed by atoms with Gasteiger partial charge in [-0.15, -0.1) is 0 Å². The number of hydrogen-bond acceptors (Lipinski definition) is 3. The molecular formula is C24H18F3N3O2. The number of carbonyl (C=O) groups is 1. The highest BCUT2D eigenvalue weighted by atomic mass is 19.4. The summed E-state index contributed by atoms with van der Waals surface area (Å²) >= 11 is 0. The highest BCUT2D eigenvalue weighted by molar-refractivity contribution is 6.02. The van der Waals surface area contributed by atoms with Gasteiger partial charge in [-0.1, -0.05) is 18.2 Å². The lowest BCUT2D eigenvalue weighted by Gasteiger charge is -2.12. The largest absolute Gasteiger partial charge is 0.416 e. The van der Waals surface area contributed by atoms with Gasteiger partial charge in [0.2, 0.25) is 5.91 Å². The maximum absolute atomic E-state index is 13.1. The fraction of sp³-hybridized carbons (Fsp3) is 0.125. The zero-order chi connectivity index (χ0) is 22.9. The van der Waals surface area contributed by atoms with Crippen LogP contribution < -0.4 is 10.9 Å². The van der Waals surface area contributed by atoms with Gasteiger partial charge in [-0.05, 0) is 54.4 Å². The van der Waals surface area contributed by atoms with Crippen molar-refractivity contribution in [2.24, 2.45) is 0 Å². The molecule has 1 amide bonds. The fourth-order valence-electron chi connectivity index (χ4n) is 3.48. The molecule has 0 spiro atoms. The number of rotatable bonds is 4. The molecule has 4 aromatic rings. The van der Waals surface area contributed by atoms with Crippen LogP contribution in [0.5, 0.6) is 0 Å². The first-order valence-corrected chi connectivity index (χ1v) is 9.75. The number of carbonyl (C=O) groups excluding carboxylic acids is 1. The molecule has 0 aliphatic rings. The van der Waals surface area contributed by atoms with Crippen LogP contribution in [0, 0.1) is 6.92 Å². The zero-order valence-corrected chi connectivity index (χ0v) is 17.0. The van der Waals surface area contributed by atoms with Gasteiger partial charge in [-0.2, -0.15) is 13.2 Å². The van der Waals surface area contributed by atoms with Crippen molar-refractivity contribution in [1.82, 2.24) is 9.55 Å². The van der Waals surface area contributed by atoms with E-state index in [1.165, 1.54) is 16.7 Å². The van der Waals surface area contributed by atoms with Gasteiger partial charge in [0.15, 0.2) is 0 Å². The number of nitrogens with one attached hydrogen (secondary N) is 1. The molecule has 2 heterocycles. The molecular weight excluding hydrogens is 419 g/mol. The summed E-state index contributed by atoms with van der Waals surface area (Å²) in [6, 6.07) is 13.0. The monoisotopic (exact) mass is 437 g/mol. The molecule has 0 saturated carbocycles. The van der Waals surface area contributed by atoms with Gasteiger partial charge in [-0.25, -0.2) is 0 Å². The molecule has 1 N–H and O–H groups in total. The van der Waals surface area contributed by atoms with Crippen LogP contribution in [0.1, 0.15) is 16.7 Å². The van der Waals surface area contributed by atoms with E-state index in [4.69, 9.17) is 0 Å². The molecule has 32 heavy (non-hydrogen) atoms. The van der Waals surface area contributed by atoms with Crippen molar-refractivity contribution in [3.63, 3.8) is 0 Å². The Kier molecular flexibility index (Phi) is 5.52. The van der Waals surface area contributed by atoms with E-state index in [0.717, 1.165) is 17.7 Å². The van der Waals surface area contributed by atoms with Crippen molar-refractivity contribution >= 4 is 22.4 Å². The average Bonchev–Trinajstić information content (AvgIpc) is 2.75. The minimum atomic E-state index is -4.43. The Bertz CT molecular complexity index is 1360. The second-order valence-electron chi connectivity index (χ2n) is 7.34. The summed E-state index contributed by atoms with van der Waals surface area (Å²) in [6.07, 6.45) is 0.360. The number of halogens is 3. The number of pyridine rings is 2. The van der Waals surface area contributed by atoms with Crippen molar-refractivity contribution in [3.05, 3.63) is 100 Å². The topological polar surface area (TPSA) is 64.0 Å². The van der Waals surface area contributed by atoms with Crippen LogP contribution in [-0.2, 0) is 17.4 Å². The van der Waals surface area contributed by atoms with E-state index in [1.54, 1.807) is 42.9 Å². The zero-order valence-electron chi connectivity index (χ0n) is 17.0. The van der Waals surface area contributed by atoms with Gasteiger partial charge in [0, 0.05) is 28.9 Å². The molecule has 0 atom stereocenters.